The van der Waals surface area contributed by atoms with Crippen molar-refractivity contribution < 1.29 is 14.3 Å². The zero-order valence-corrected chi connectivity index (χ0v) is 17.7. The molecule has 0 bridgehead atoms. The molecule has 1 aromatic rings. The Balaban J connectivity index is 0.00000338. The zero-order chi connectivity index (χ0) is 18.1. The lowest BCUT2D eigenvalue weighted by atomic mass is 10.2. The van der Waals surface area contributed by atoms with Crippen molar-refractivity contribution in [2.24, 2.45) is 0 Å². The van der Waals surface area contributed by atoms with E-state index >= 15 is 0 Å². The van der Waals surface area contributed by atoms with E-state index in [-0.39, 0.29) is 49.7 Å². The zero-order valence-electron chi connectivity index (χ0n) is 15.3. The molecule has 1 aliphatic heterocycles. The quantitative estimate of drug-likeness (QED) is 0.593. The molecule has 154 valence electrons. The summed E-state index contributed by atoms with van der Waals surface area (Å²) < 4.78 is 4.88. The Morgan fingerprint density at radius 1 is 1.07 bits per heavy atom. The first-order valence-electron chi connectivity index (χ1n) is 8.35. The van der Waals surface area contributed by atoms with Gasteiger partial charge in [0.25, 0.3) is 0 Å². The molecule has 1 fully saturated rings. The fourth-order valence-electron chi connectivity index (χ4n) is 2.59. The van der Waals surface area contributed by atoms with Gasteiger partial charge >= 0.3 is 0 Å². The number of hydrogen-bond donors (Lipinski definition) is 2. The van der Waals surface area contributed by atoms with Gasteiger partial charge < -0.3 is 25.2 Å². The molecule has 27 heavy (non-hydrogen) atoms. The molecular formula is C17H27Cl3N4O3. The smallest absolute Gasteiger partial charge is 0.242 e. The number of carbonyl (C=O) groups excluding carboxylic acids is 2. The second-order valence-corrected chi connectivity index (χ2v) is 6.23. The maximum absolute atomic E-state index is 12.2. The minimum Gasteiger partial charge on any atom is -0.383 e. The average Bonchev–Trinajstić information content (AvgIpc) is 2.64. The van der Waals surface area contributed by atoms with Gasteiger partial charge in [0.15, 0.2) is 0 Å². The first-order chi connectivity index (χ1) is 12.1. The number of nitrogens with zero attached hydrogens (tertiary/aromatic N) is 2. The van der Waals surface area contributed by atoms with Gasteiger partial charge in [0.1, 0.15) is 0 Å². The summed E-state index contributed by atoms with van der Waals surface area (Å²) in [4.78, 5) is 27.9. The molecule has 0 aromatic heterocycles. The highest BCUT2D eigenvalue weighted by atomic mass is 35.5. The number of hydrogen-bond acceptors (Lipinski definition) is 5. The predicted molar refractivity (Wildman–Crippen MR) is 112 cm³/mol. The summed E-state index contributed by atoms with van der Waals surface area (Å²) in [7, 11) is 1.60. The highest BCUT2D eigenvalue weighted by Crippen LogP contribution is 2.19. The van der Waals surface area contributed by atoms with Gasteiger partial charge in [-0.3, -0.25) is 9.59 Å². The van der Waals surface area contributed by atoms with E-state index in [0.717, 1.165) is 18.8 Å². The molecule has 0 spiro atoms. The van der Waals surface area contributed by atoms with E-state index in [9.17, 15) is 9.59 Å². The van der Waals surface area contributed by atoms with Crippen LogP contribution in [0.5, 0.6) is 0 Å². The van der Waals surface area contributed by atoms with Gasteiger partial charge in [-0.15, -0.1) is 24.8 Å². The van der Waals surface area contributed by atoms with Crippen molar-refractivity contribution >= 4 is 53.9 Å². The summed E-state index contributed by atoms with van der Waals surface area (Å²) in [6.45, 7) is 4.17. The highest BCUT2D eigenvalue weighted by Gasteiger charge is 2.21. The largest absolute Gasteiger partial charge is 0.383 e. The van der Waals surface area contributed by atoms with Crippen LogP contribution in [0, 0.1) is 0 Å². The van der Waals surface area contributed by atoms with Crippen molar-refractivity contribution in [3.05, 3.63) is 29.3 Å². The van der Waals surface area contributed by atoms with Crippen LogP contribution in [0.4, 0.5) is 5.69 Å². The van der Waals surface area contributed by atoms with Crippen molar-refractivity contribution in [3.8, 4) is 0 Å². The third-order valence-electron chi connectivity index (χ3n) is 4.03. The van der Waals surface area contributed by atoms with Crippen LogP contribution in [0.3, 0.4) is 0 Å². The van der Waals surface area contributed by atoms with Gasteiger partial charge in [0.05, 0.1) is 19.7 Å². The molecule has 2 rings (SSSR count). The number of benzene rings is 1. The average molecular weight is 442 g/mol. The molecule has 1 aliphatic rings. The number of halogens is 3. The maximum atomic E-state index is 12.2. The summed E-state index contributed by atoms with van der Waals surface area (Å²) in [5.74, 6) is -0.245. The molecule has 1 aromatic carbocycles. The molecule has 0 radical (unpaired) electrons. The lowest BCUT2D eigenvalue weighted by Gasteiger charge is -2.36. The molecule has 0 aliphatic carbocycles. The van der Waals surface area contributed by atoms with Crippen molar-refractivity contribution in [2.45, 2.75) is 0 Å². The van der Waals surface area contributed by atoms with Crippen molar-refractivity contribution in [1.29, 1.82) is 0 Å². The number of methoxy groups -OCH3 is 1. The monoisotopic (exact) mass is 440 g/mol. The van der Waals surface area contributed by atoms with E-state index in [4.69, 9.17) is 16.3 Å². The highest BCUT2D eigenvalue weighted by molar-refractivity contribution is 6.30. The lowest BCUT2D eigenvalue weighted by Crippen LogP contribution is -2.51. The van der Waals surface area contributed by atoms with Gasteiger partial charge in [-0.25, -0.2) is 0 Å². The molecule has 0 saturated carbocycles. The summed E-state index contributed by atoms with van der Waals surface area (Å²) in [6.07, 6.45) is 0. The van der Waals surface area contributed by atoms with E-state index in [0.29, 0.717) is 31.3 Å². The Hall–Kier alpha value is -1.25. The minimum absolute atomic E-state index is 0. The van der Waals surface area contributed by atoms with E-state index in [1.165, 1.54) is 0 Å². The fourth-order valence-corrected chi connectivity index (χ4v) is 2.72. The molecular weight excluding hydrogens is 415 g/mol. The molecule has 1 heterocycles. The van der Waals surface area contributed by atoms with Crippen LogP contribution in [-0.4, -0.2) is 76.2 Å². The first kappa shape index (κ1) is 25.8. The number of piperazine rings is 1. The van der Waals surface area contributed by atoms with E-state index in [1.54, 1.807) is 12.0 Å². The normalized spacial score (nSPS) is 13.4. The van der Waals surface area contributed by atoms with Crippen LogP contribution < -0.4 is 15.5 Å². The van der Waals surface area contributed by atoms with Crippen molar-refractivity contribution in [2.75, 3.05) is 64.4 Å². The maximum Gasteiger partial charge on any atom is 0.242 e. The number of nitrogens with one attached hydrogen (secondary N) is 2. The summed E-state index contributed by atoms with van der Waals surface area (Å²) >= 11 is 5.91. The van der Waals surface area contributed by atoms with Gasteiger partial charge in [-0.05, 0) is 24.3 Å². The number of amides is 2. The van der Waals surface area contributed by atoms with Crippen molar-refractivity contribution in [3.63, 3.8) is 0 Å². The summed E-state index contributed by atoms with van der Waals surface area (Å²) in [5.41, 5.74) is 1.10. The number of rotatable bonds is 8. The third-order valence-corrected chi connectivity index (χ3v) is 4.28. The standard InChI is InChI=1S/C17H25ClN4O3.2ClH/c1-25-11-6-19-12-16(23)20-13-17(24)22-9-7-21(8-10-22)15-4-2-14(18)3-5-15;;/h2-5,19H,6-13H2,1H3,(H,20,23);2*1H. The van der Waals surface area contributed by atoms with Gasteiger partial charge in [0, 0.05) is 50.5 Å². The second-order valence-electron chi connectivity index (χ2n) is 5.79. The number of carbonyl (C=O) groups is 2. The lowest BCUT2D eigenvalue weighted by molar-refractivity contribution is -0.132. The van der Waals surface area contributed by atoms with E-state index < -0.39 is 0 Å². The minimum atomic E-state index is -0.191. The van der Waals surface area contributed by atoms with Crippen LogP contribution >= 0.6 is 36.4 Å². The molecule has 7 nitrogen and oxygen atoms in total. The molecule has 1 saturated heterocycles. The molecule has 10 heteroatoms. The molecule has 0 atom stereocenters. The van der Waals surface area contributed by atoms with Crippen molar-refractivity contribution in [1.82, 2.24) is 15.5 Å². The molecule has 2 amide bonds. The summed E-state index contributed by atoms with van der Waals surface area (Å²) in [6, 6.07) is 7.70. The number of ether oxygens (including phenoxy) is 1. The molecule has 2 N–H and O–H groups in total. The van der Waals surface area contributed by atoms with E-state index in [1.807, 2.05) is 24.3 Å². The second kappa shape index (κ2) is 13.8. The van der Waals surface area contributed by atoms with Crippen LogP contribution in [-0.2, 0) is 14.3 Å². The summed E-state index contributed by atoms with van der Waals surface area (Å²) in [5, 5.41) is 6.30. The van der Waals surface area contributed by atoms with E-state index in [2.05, 4.69) is 15.5 Å². The van der Waals surface area contributed by atoms with Crippen LogP contribution in [0.25, 0.3) is 0 Å². The Labute approximate surface area is 177 Å². The molecule has 0 unspecified atom stereocenters. The Bertz CT molecular complexity index is 567. The number of anilines is 1. The Morgan fingerprint density at radius 3 is 2.30 bits per heavy atom. The Morgan fingerprint density at radius 2 is 1.70 bits per heavy atom. The first-order valence-corrected chi connectivity index (χ1v) is 8.72. The van der Waals surface area contributed by atoms with Gasteiger partial charge in [-0.2, -0.15) is 0 Å². The SMILES string of the molecule is COCCNCC(=O)NCC(=O)N1CCN(c2ccc(Cl)cc2)CC1.Cl.Cl. The van der Waals surface area contributed by atoms with Gasteiger partial charge in [0.2, 0.25) is 11.8 Å². The van der Waals surface area contributed by atoms with Crippen LogP contribution in [0.1, 0.15) is 0 Å². The predicted octanol–water partition coefficient (Wildman–Crippen LogP) is 1.18. The van der Waals surface area contributed by atoms with Crippen LogP contribution in [0.2, 0.25) is 5.02 Å². The van der Waals surface area contributed by atoms with Gasteiger partial charge in [-0.1, -0.05) is 11.6 Å². The van der Waals surface area contributed by atoms with Crippen LogP contribution in [0.15, 0.2) is 24.3 Å². The third kappa shape index (κ3) is 8.99. The topological polar surface area (TPSA) is 73.9 Å². The fraction of sp³-hybridized carbons (Fsp3) is 0.529. The Kier molecular flexibility index (Phi) is 13.2.